The summed E-state index contributed by atoms with van der Waals surface area (Å²) < 4.78 is 40.5. The van der Waals surface area contributed by atoms with Gasteiger partial charge in [-0.05, 0) is 30.3 Å². The average Bonchev–Trinajstić information content (AvgIpc) is 3.10. The van der Waals surface area contributed by atoms with Crippen molar-refractivity contribution < 1.29 is 32.7 Å². The van der Waals surface area contributed by atoms with E-state index < -0.39 is 29.9 Å². The van der Waals surface area contributed by atoms with Gasteiger partial charge < -0.3 is 19.7 Å². The van der Waals surface area contributed by atoms with Crippen LogP contribution in [-0.4, -0.2) is 73.2 Å². The van der Waals surface area contributed by atoms with E-state index in [1.54, 1.807) is 18.5 Å². The summed E-state index contributed by atoms with van der Waals surface area (Å²) in [6, 6.07) is 5.33. The Morgan fingerprint density at radius 2 is 2.03 bits per heavy atom. The van der Waals surface area contributed by atoms with E-state index in [0.717, 1.165) is 22.8 Å². The van der Waals surface area contributed by atoms with Gasteiger partial charge in [0.1, 0.15) is 11.8 Å². The molecule has 2 aliphatic rings. The van der Waals surface area contributed by atoms with Crippen molar-refractivity contribution in [2.45, 2.75) is 32.9 Å². The number of carbonyl (C=O) groups is 2. The Morgan fingerprint density at radius 1 is 1.26 bits per heavy atom. The molecule has 3 heterocycles. The Labute approximate surface area is 225 Å². The van der Waals surface area contributed by atoms with Crippen LogP contribution in [0.3, 0.4) is 0 Å². The summed E-state index contributed by atoms with van der Waals surface area (Å²) in [7, 11) is 1.47. The lowest BCUT2D eigenvalue weighted by Crippen LogP contribution is -2.41. The Morgan fingerprint density at radius 3 is 2.71 bits per heavy atom. The molecule has 2 saturated heterocycles. The molecule has 206 valence electrons. The fourth-order valence-electron chi connectivity index (χ4n) is 4.08. The van der Waals surface area contributed by atoms with Gasteiger partial charge in [-0.15, -0.1) is 0 Å². The third-order valence-electron chi connectivity index (χ3n) is 5.98. The summed E-state index contributed by atoms with van der Waals surface area (Å²) >= 11 is 5.00. The van der Waals surface area contributed by atoms with Gasteiger partial charge in [-0.3, -0.25) is 14.7 Å². The number of rotatable bonds is 7. The Hall–Kier alpha value is -3.58. The molecule has 2 aromatic rings. The average molecular weight is 552 g/mol. The van der Waals surface area contributed by atoms with Gasteiger partial charge >= 0.3 is 12.1 Å². The predicted octanol–water partition coefficient (Wildman–Crippen LogP) is 4.04. The first kappa shape index (κ1) is 29.0. The molecule has 1 N–H and O–H groups in total. The number of amides is 3. The van der Waals surface area contributed by atoms with Crippen molar-refractivity contribution in [2.75, 3.05) is 49.7 Å². The molecule has 38 heavy (non-hydrogen) atoms. The molecular formula is C25H31F2N5O5S. The number of benzene rings is 1. The normalized spacial score (nSPS) is 17.4. The molecule has 3 amide bonds. The second-order valence-corrected chi connectivity index (χ2v) is 8.89. The number of aromatic nitrogens is 1. The largest absolute Gasteiger partial charge is 0.490 e. The molecule has 10 nitrogen and oxygen atoms in total. The number of cyclic esters (lactones) is 1. The van der Waals surface area contributed by atoms with Gasteiger partial charge in [0, 0.05) is 50.6 Å². The molecule has 4 rings (SSSR count). The van der Waals surface area contributed by atoms with Crippen molar-refractivity contribution in [3.8, 4) is 0 Å². The maximum Gasteiger partial charge on any atom is 0.414 e. The molecule has 0 unspecified atom stereocenters. The van der Waals surface area contributed by atoms with Crippen molar-refractivity contribution >= 4 is 40.8 Å². The highest BCUT2D eigenvalue weighted by molar-refractivity contribution is 7.80. The van der Waals surface area contributed by atoms with Crippen LogP contribution in [0.15, 0.2) is 36.7 Å². The lowest BCUT2D eigenvalue weighted by molar-refractivity contribution is -0.104. The molecule has 2 fully saturated rings. The summed E-state index contributed by atoms with van der Waals surface area (Å²) in [6.45, 7) is 0.838. The molecule has 0 bridgehead atoms. The zero-order valence-electron chi connectivity index (χ0n) is 20.2. The molecule has 0 radical (unpaired) electrons. The number of carbonyl (C=O) groups excluding carboxylic acids is 2. The molecule has 0 aliphatic carbocycles. The molecule has 1 atom stereocenters. The van der Waals surface area contributed by atoms with Crippen LogP contribution in [0.4, 0.5) is 29.7 Å². The topological polar surface area (TPSA) is 96.5 Å². The first-order valence-corrected chi connectivity index (χ1v) is 12.1. The smallest absolute Gasteiger partial charge is 0.414 e. The Kier molecular flexibility index (Phi) is 10.1. The highest BCUT2D eigenvalue weighted by atomic mass is 32.1. The first-order chi connectivity index (χ1) is 17.9. The highest BCUT2D eigenvalue weighted by Gasteiger charge is 2.34. The molecule has 1 aromatic heterocycles. The number of hydrogen-bond acceptors (Lipinski definition) is 8. The third kappa shape index (κ3) is 7.04. The number of hydrogen-bond donors (Lipinski definition) is 1. The molecule has 13 heteroatoms. The number of hydroxylamine groups is 2. The summed E-state index contributed by atoms with van der Waals surface area (Å²) in [5.74, 6) is -1.66. The van der Waals surface area contributed by atoms with Gasteiger partial charge in [-0.1, -0.05) is 13.5 Å². The fraction of sp³-hybridized carbons (Fsp3) is 0.440. The first-order valence-electron chi connectivity index (χ1n) is 11.7. The van der Waals surface area contributed by atoms with Crippen LogP contribution in [0.1, 0.15) is 25.8 Å². The van der Waals surface area contributed by atoms with E-state index in [1.807, 2.05) is 6.07 Å². The monoisotopic (exact) mass is 551 g/mol. The van der Waals surface area contributed by atoms with Crippen LogP contribution >= 0.6 is 12.2 Å². The van der Waals surface area contributed by atoms with Crippen LogP contribution in [-0.2, 0) is 20.9 Å². The van der Waals surface area contributed by atoms with E-state index in [9.17, 15) is 9.59 Å². The van der Waals surface area contributed by atoms with Crippen molar-refractivity contribution in [1.82, 2.24) is 15.4 Å². The van der Waals surface area contributed by atoms with Gasteiger partial charge in [0.2, 0.25) is 0 Å². The van der Waals surface area contributed by atoms with Crippen LogP contribution in [0.2, 0.25) is 0 Å². The lowest BCUT2D eigenvalue weighted by atomic mass is 10.2. The van der Waals surface area contributed by atoms with Gasteiger partial charge in [0.25, 0.3) is 0 Å². The SMILES string of the molecule is C.COC(=S)CC[C@H]1CN(c2cc(F)c(N3CCON(C(=O)NCc4cccnc4)CC3)c(F)c2)C(=O)O1. The minimum Gasteiger partial charge on any atom is -0.490 e. The van der Waals surface area contributed by atoms with Gasteiger partial charge in [0.15, 0.2) is 16.7 Å². The number of halogens is 2. The van der Waals surface area contributed by atoms with Crippen molar-refractivity contribution in [1.29, 1.82) is 0 Å². The summed E-state index contributed by atoms with van der Waals surface area (Å²) in [5, 5.41) is 4.26. The number of anilines is 2. The Balaban J connectivity index is 0.00000400. The molecule has 1 aromatic carbocycles. The third-order valence-corrected chi connectivity index (χ3v) is 6.35. The maximum absolute atomic E-state index is 15.1. The van der Waals surface area contributed by atoms with Crippen LogP contribution in [0, 0.1) is 11.6 Å². The number of ether oxygens (including phenoxy) is 2. The summed E-state index contributed by atoms with van der Waals surface area (Å²) in [5.41, 5.74) is 0.630. The van der Waals surface area contributed by atoms with Crippen molar-refractivity contribution in [3.05, 3.63) is 53.9 Å². The van der Waals surface area contributed by atoms with E-state index in [1.165, 1.54) is 16.9 Å². The molecule has 0 saturated carbocycles. The molecule has 0 spiro atoms. The van der Waals surface area contributed by atoms with E-state index in [4.69, 9.17) is 26.5 Å². The summed E-state index contributed by atoms with van der Waals surface area (Å²) in [4.78, 5) is 37.0. The number of nitrogens with one attached hydrogen (secondary N) is 1. The van der Waals surface area contributed by atoms with E-state index in [2.05, 4.69) is 10.3 Å². The number of pyridine rings is 1. The Bertz CT molecular complexity index is 1120. The van der Waals surface area contributed by atoms with Crippen molar-refractivity contribution in [3.63, 3.8) is 0 Å². The van der Waals surface area contributed by atoms with Gasteiger partial charge in [-0.2, -0.15) is 0 Å². The van der Waals surface area contributed by atoms with Crippen LogP contribution in [0.5, 0.6) is 0 Å². The van der Waals surface area contributed by atoms with E-state index in [-0.39, 0.29) is 58.1 Å². The molecular weight excluding hydrogens is 520 g/mol. The zero-order chi connectivity index (χ0) is 26.4. The molecule has 2 aliphatic heterocycles. The second-order valence-electron chi connectivity index (χ2n) is 8.43. The van der Waals surface area contributed by atoms with E-state index >= 15 is 8.78 Å². The minimum absolute atomic E-state index is 0. The minimum atomic E-state index is -0.832. The van der Waals surface area contributed by atoms with Crippen molar-refractivity contribution in [2.24, 2.45) is 0 Å². The fourth-order valence-corrected chi connectivity index (χ4v) is 4.19. The second kappa shape index (κ2) is 13.3. The van der Waals surface area contributed by atoms with E-state index in [0.29, 0.717) is 17.9 Å². The summed E-state index contributed by atoms with van der Waals surface area (Å²) in [6.07, 6.45) is 2.99. The maximum atomic E-state index is 15.1. The number of nitrogens with zero attached hydrogens (tertiary/aromatic N) is 4. The quantitative estimate of drug-likeness (QED) is 0.516. The number of methoxy groups -OCH3 is 1. The van der Waals surface area contributed by atoms with Gasteiger partial charge in [-0.25, -0.2) is 23.4 Å². The lowest BCUT2D eigenvalue weighted by Gasteiger charge is -2.24. The standard InChI is InChI=1S/C24H27F2N5O5S.CH4/c1-34-21(37)5-4-18-15-30(24(33)36-18)17-11-19(25)22(20(26)12-17)29-7-8-31(35-10-9-29)23(32)28-14-16-3-2-6-27-13-16;/h2-3,6,11-13,18H,4-5,7-10,14-15H2,1H3,(H,28,32);1H4/t18-;/m0./s1. The zero-order valence-corrected chi connectivity index (χ0v) is 21.0. The van der Waals surface area contributed by atoms with Gasteiger partial charge in [0.05, 0.1) is 32.5 Å². The number of thiocarbonyl (C=S) groups is 1. The predicted molar refractivity (Wildman–Crippen MR) is 141 cm³/mol. The van der Waals surface area contributed by atoms with Crippen LogP contribution < -0.4 is 15.1 Å². The van der Waals surface area contributed by atoms with Crippen LogP contribution in [0.25, 0.3) is 0 Å². The number of urea groups is 1. The highest BCUT2D eigenvalue weighted by Crippen LogP contribution is 2.32.